The van der Waals surface area contributed by atoms with Crippen LogP contribution in [0.1, 0.15) is 16.8 Å². The predicted molar refractivity (Wildman–Crippen MR) is 78.3 cm³/mol. The van der Waals surface area contributed by atoms with Gasteiger partial charge in [-0.3, -0.25) is 4.79 Å². The van der Waals surface area contributed by atoms with Crippen LogP contribution in [0, 0.1) is 0 Å². The molecule has 1 aromatic heterocycles. The van der Waals surface area contributed by atoms with Crippen molar-refractivity contribution in [3.63, 3.8) is 0 Å². The zero-order valence-corrected chi connectivity index (χ0v) is 11.7. The van der Waals surface area contributed by atoms with E-state index in [1.807, 2.05) is 36.5 Å². The molecule has 0 radical (unpaired) electrons. The molecule has 4 nitrogen and oxygen atoms in total. The van der Waals surface area contributed by atoms with Crippen LogP contribution in [0.15, 0.2) is 36.5 Å². The van der Waals surface area contributed by atoms with E-state index in [2.05, 4.69) is 22.5 Å². The van der Waals surface area contributed by atoms with Crippen molar-refractivity contribution in [2.45, 2.75) is 19.9 Å². The largest absolute Gasteiger partial charge is 0.376 e. The average molecular weight is 275 g/mol. The predicted octanol–water partition coefficient (Wildman–Crippen LogP) is 2.43. The fraction of sp³-hybridized carbons (Fsp3) is 0.286. The quantitative estimate of drug-likeness (QED) is 0.851. The van der Waals surface area contributed by atoms with Gasteiger partial charge >= 0.3 is 0 Å². The molecule has 5 heteroatoms. The van der Waals surface area contributed by atoms with Gasteiger partial charge in [-0.15, -0.1) is 11.3 Å². The van der Waals surface area contributed by atoms with E-state index in [0.717, 1.165) is 17.1 Å². The van der Waals surface area contributed by atoms with Gasteiger partial charge in [0.2, 0.25) is 5.91 Å². The van der Waals surface area contributed by atoms with Crippen LogP contribution in [0.2, 0.25) is 0 Å². The molecule has 0 unspecified atom stereocenters. The van der Waals surface area contributed by atoms with E-state index in [1.54, 1.807) is 11.3 Å². The van der Waals surface area contributed by atoms with Crippen LogP contribution in [0.25, 0.3) is 0 Å². The summed E-state index contributed by atoms with van der Waals surface area (Å²) in [6.07, 6.45) is 2.86. The fourth-order valence-corrected chi connectivity index (χ4v) is 2.37. The SMILES string of the molecule is CCc1cnc(CNC(=O)CNc2ccccc2)s1. The Kier molecular flexibility index (Phi) is 4.92. The zero-order chi connectivity index (χ0) is 13.5. The Balaban J connectivity index is 1.73. The molecule has 0 aliphatic carbocycles. The number of hydrogen-bond donors (Lipinski definition) is 2. The minimum absolute atomic E-state index is 0.0305. The molecule has 0 aliphatic heterocycles. The Labute approximate surface area is 116 Å². The third-order valence-corrected chi connectivity index (χ3v) is 3.76. The lowest BCUT2D eigenvalue weighted by molar-refractivity contribution is -0.119. The number of aromatic nitrogens is 1. The summed E-state index contributed by atoms with van der Waals surface area (Å²) in [6, 6.07) is 9.67. The second kappa shape index (κ2) is 6.89. The van der Waals surface area contributed by atoms with E-state index in [4.69, 9.17) is 0 Å². The molecule has 19 heavy (non-hydrogen) atoms. The summed E-state index contributed by atoms with van der Waals surface area (Å²) in [5, 5.41) is 6.87. The van der Waals surface area contributed by atoms with E-state index in [0.29, 0.717) is 6.54 Å². The number of carbonyl (C=O) groups is 1. The molecule has 0 saturated heterocycles. The van der Waals surface area contributed by atoms with Crippen LogP contribution in [-0.2, 0) is 17.8 Å². The van der Waals surface area contributed by atoms with Crippen LogP contribution >= 0.6 is 11.3 Å². The van der Waals surface area contributed by atoms with E-state index >= 15 is 0 Å². The normalized spacial score (nSPS) is 10.2. The third-order valence-electron chi connectivity index (χ3n) is 2.61. The van der Waals surface area contributed by atoms with Crippen LogP contribution < -0.4 is 10.6 Å². The monoisotopic (exact) mass is 275 g/mol. The van der Waals surface area contributed by atoms with Crippen molar-refractivity contribution < 1.29 is 4.79 Å². The maximum absolute atomic E-state index is 11.7. The first-order chi connectivity index (χ1) is 9.28. The lowest BCUT2D eigenvalue weighted by Gasteiger charge is -2.06. The summed E-state index contributed by atoms with van der Waals surface area (Å²) in [4.78, 5) is 17.2. The van der Waals surface area contributed by atoms with Crippen molar-refractivity contribution in [3.05, 3.63) is 46.4 Å². The van der Waals surface area contributed by atoms with Crippen LogP contribution in [0.4, 0.5) is 5.69 Å². The number of carbonyl (C=O) groups excluding carboxylic acids is 1. The van der Waals surface area contributed by atoms with Crippen molar-refractivity contribution >= 4 is 22.9 Å². The summed E-state index contributed by atoms with van der Waals surface area (Å²) < 4.78 is 0. The molecule has 0 spiro atoms. The van der Waals surface area contributed by atoms with Gasteiger partial charge in [0, 0.05) is 16.8 Å². The highest BCUT2D eigenvalue weighted by atomic mass is 32.1. The zero-order valence-electron chi connectivity index (χ0n) is 10.8. The van der Waals surface area contributed by atoms with Gasteiger partial charge in [-0.2, -0.15) is 0 Å². The first-order valence-corrected chi connectivity index (χ1v) is 7.08. The minimum atomic E-state index is -0.0305. The molecular formula is C14H17N3OS. The van der Waals surface area contributed by atoms with Gasteiger partial charge in [-0.1, -0.05) is 25.1 Å². The summed E-state index contributed by atoms with van der Waals surface area (Å²) >= 11 is 1.64. The molecule has 1 heterocycles. The average Bonchev–Trinajstić information content (AvgIpc) is 2.92. The summed E-state index contributed by atoms with van der Waals surface area (Å²) in [5.41, 5.74) is 0.945. The van der Waals surface area contributed by atoms with Gasteiger partial charge < -0.3 is 10.6 Å². The number of nitrogens with one attached hydrogen (secondary N) is 2. The molecule has 2 rings (SSSR count). The van der Waals surface area contributed by atoms with E-state index < -0.39 is 0 Å². The lowest BCUT2D eigenvalue weighted by Crippen LogP contribution is -2.29. The van der Waals surface area contributed by atoms with E-state index in [-0.39, 0.29) is 12.5 Å². The molecular weight excluding hydrogens is 258 g/mol. The number of para-hydroxylation sites is 1. The van der Waals surface area contributed by atoms with E-state index in [1.165, 1.54) is 4.88 Å². The molecule has 0 bridgehead atoms. The maximum Gasteiger partial charge on any atom is 0.239 e. The van der Waals surface area contributed by atoms with Crippen molar-refractivity contribution in [2.75, 3.05) is 11.9 Å². The number of benzene rings is 1. The van der Waals surface area contributed by atoms with Gasteiger partial charge in [0.25, 0.3) is 0 Å². The van der Waals surface area contributed by atoms with Crippen molar-refractivity contribution in [1.29, 1.82) is 0 Å². The number of anilines is 1. The minimum Gasteiger partial charge on any atom is -0.376 e. The third kappa shape index (κ3) is 4.37. The highest BCUT2D eigenvalue weighted by Gasteiger charge is 2.04. The van der Waals surface area contributed by atoms with Crippen molar-refractivity contribution in [3.8, 4) is 0 Å². The Bertz CT molecular complexity index is 524. The maximum atomic E-state index is 11.7. The number of hydrogen-bond acceptors (Lipinski definition) is 4. The molecule has 1 amide bonds. The number of aryl methyl sites for hydroxylation is 1. The van der Waals surface area contributed by atoms with Crippen LogP contribution in [0.3, 0.4) is 0 Å². The highest BCUT2D eigenvalue weighted by Crippen LogP contribution is 2.12. The molecule has 2 N–H and O–H groups in total. The summed E-state index contributed by atoms with van der Waals surface area (Å²) in [5.74, 6) is -0.0305. The number of rotatable bonds is 6. The second-order valence-corrected chi connectivity index (χ2v) is 5.27. The van der Waals surface area contributed by atoms with Crippen molar-refractivity contribution in [2.24, 2.45) is 0 Å². The Hall–Kier alpha value is -1.88. The van der Waals surface area contributed by atoms with E-state index in [9.17, 15) is 4.79 Å². The molecule has 100 valence electrons. The smallest absolute Gasteiger partial charge is 0.239 e. The first-order valence-electron chi connectivity index (χ1n) is 6.27. The van der Waals surface area contributed by atoms with Gasteiger partial charge in [0.1, 0.15) is 5.01 Å². The Morgan fingerprint density at radius 1 is 1.32 bits per heavy atom. The molecule has 0 fully saturated rings. The van der Waals surface area contributed by atoms with Crippen LogP contribution in [0.5, 0.6) is 0 Å². The van der Waals surface area contributed by atoms with Gasteiger partial charge in [-0.25, -0.2) is 4.98 Å². The molecule has 0 aliphatic rings. The van der Waals surface area contributed by atoms with Crippen LogP contribution in [-0.4, -0.2) is 17.4 Å². The van der Waals surface area contributed by atoms with Gasteiger partial charge in [0.05, 0.1) is 13.1 Å². The molecule has 0 atom stereocenters. The Morgan fingerprint density at radius 3 is 2.79 bits per heavy atom. The Morgan fingerprint density at radius 2 is 2.11 bits per heavy atom. The molecule has 2 aromatic rings. The fourth-order valence-electron chi connectivity index (χ4n) is 1.57. The highest BCUT2D eigenvalue weighted by molar-refractivity contribution is 7.11. The molecule has 1 aromatic carbocycles. The second-order valence-electron chi connectivity index (χ2n) is 4.07. The topological polar surface area (TPSA) is 54.0 Å². The van der Waals surface area contributed by atoms with Crippen molar-refractivity contribution in [1.82, 2.24) is 10.3 Å². The summed E-state index contributed by atoms with van der Waals surface area (Å²) in [6.45, 7) is 2.87. The van der Waals surface area contributed by atoms with Gasteiger partial charge in [0.15, 0.2) is 0 Å². The lowest BCUT2D eigenvalue weighted by atomic mass is 10.3. The number of thiazole rings is 1. The number of nitrogens with zero attached hydrogens (tertiary/aromatic N) is 1. The van der Waals surface area contributed by atoms with Gasteiger partial charge in [-0.05, 0) is 18.6 Å². The summed E-state index contributed by atoms with van der Waals surface area (Å²) in [7, 11) is 0. The first kappa shape index (κ1) is 13.5. The molecule has 0 saturated carbocycles. The standard InChI is InChI=1S/C14H17N3OS/c1-2-12-8-17-14(19-12)10-16-13(18)9-15-11-6-4-3-5-7-11/h3-8,15H,2,9-10H2,1H3,(H,16,18). The number of amides is 1.